The van der Waals surface area contributed by atoms with E-state index < -0.39 is 0 Å². The zero-order chi connectivity index (χ0) is 14.4. The van der Waals surface area contributed by atoms with Crippen LogP contribution in [0.1, 0.15) is 38.7 Å². The van der Waals surface area contributed by atoms with Crippen molar-refractivity contribution in [1.29, 1.82) is 0 Å². The third-order valence-corrected chi connectivity index (χ3v) is 3.44. The minimum absolute atomic E-state index is 0.225. The summed E-state index contributed by atoms with van der Waals surface area (Å²) in [5.74, 6) is 0.537. The fourth-order valence-electron chi connectivity index (χ4n) is 2.31. The van der Waals surface area contributed by atoms with Crippen LogP contribution in [-0.4, -0.2) is 25.4 Å². The lowest BCUT2D eigenvalue weighted by Crippen LogP contribution is -2.22. The largest absolute Gasteiger partial charge is 0.493 e. The Labute approximate surface area is 120 Å². The molecule has 1 fully saturated rings. The second-order valence-corrected chi connectivity index (χ2v) is 5.56. The van der Waals surface area contributed by atoms with Gasteiger partial charge in [-0.2, -0.15) is 0 Å². The summed E-state index contributed by atoms with van der Waals surface area (Å²) in [5, 5.41) is 3.29. The summed E-state index contributed by atoms with van der Waals surface area (Å²) in [7, 11) is 0. The highest BCUT2D eigenvalue weighted by Crippen LogP contribution is 2.21. The van der Waals surface area contributed by atoms with E-state index in [4.69, 9.17) is 9.47 Å². The van der Waals surface area contributed by atoms with Crippen LogP contribution in [0.25, 0.3) is 0 Å². The maximum atomic E-state index is 13.3. The second kappa shape index (κ2) is 7.60. The van der Waals surface area contributed by atoms with Gasteiger partial charge in [0.15, 0.2) is 0 Å². The first-order valence-corrected chi connectivity index (χ1v) is 7.41. The van der Waals surface area contributed by atoms with Gasteiger partial charge in [-0.3, -0.25) is 0 Å². The van der Waals surface area contributed by atoms with Gasteiger partial charge in [-0.25, -0.2) is 4.39 Å². The minimum Gasteiger partial charge on any atom is -0.493 e. The summed E-state index contributed by atoms with van der Waals surface area (Å²) in [6, 6.07) is 5.05. The Hall–Kier alpha value is -1.13. The van der Waals surface area contributed by atoms with Crippen molar-refractivity contribution in [3.63, 3.8) is 0 Å². The number of hydrogen-bond acceptors (Lipinski definition) is 3. The molecule has 0 aliphatic carbocycles. The molecule has 1 N–H and O–H groups in total. The molecule has 0 bridgehead atoms. The van der Waals surface area contributed by atoms with Crippen LogP contribution in [0.15, 0.2) is 18.2 Å². The van der Waals surface area contributed by atoms with Crippen LogP contribution >= 0.6 is 0 Å². The molecule has 0 aromatic heterocycles. The van der Waals surface area contributed by atoms with Crippen LogP contribution in [0.4, 0.5) is 4.39 Å². The molecule has 1 atom stereocenters. The highest BCUT2D eigenvalue weighted by atomic mass is 19.1. The fraction of sp³-hybridized carbons (Fsp3) is 0.625. The SMILES string of the molecule is CC(C)NCc1cc(F)ccc1OCCC1CCCO1. The zero-order valence-corrected chi connectivity index (χ0v) is 12.3. The first-order chi connectivity index (χ1) is 9.65. The van der Waals surface area contributed by atoms with Gasteiger partial charge in [0, 0.05) is 31.2 Å². The van der Waals surface area contributed by atoms with E-state index in [1.807, 2.05) is 0 Å². The molecule has 4 heteroatoms. The predicted molar refractivity (Wildman–Crippen MR) is 77.5 cm³/mol. The molecule has 2 rings (SSSR count). The molecule has 0 radical (unpaired) electrons. The Morgan fingerprint density at radius 2 is 2.30 bits per heavy atom. The molecule has 20 heavy (non-hydrogen) atoms. The molecule has 1 aliphatic heterocycles. The van der Waals surface area contributed by atoms with Crippen molar-refractivity contribution >= 4 is 0 Å². The van der Waals surface area contributed by atoms with E-state index in [2.05, 4.69) is 19.2 Å². The van der Waals surface area contributed by atoms with Crippen molar-refractivity contribution in [3.8, 4) is 5.75 Å². The molecule has 1 aromatic rings. The van der Waals surface area contributed by atoms with Gasteiger partial charge in [0.25, 0.3) is 0 Å². The van der Waals surface area contributed by atoms with E-state index in [0.717, 1.165) is 37.2 Å². The Morgan fingerprint density at radius 1 is 1.45 bits per heavy atom. The maximum absolute atomic E-state index is 13.3. The van der Waals surface area contributed by atoms with Gasteiger partial charge in [0.1, 0.15) is 11.6 Å². The zero-order valence-electron chi connectivity index (χ0n) is 12.3. The number of rotatable bonds is 7. The summed E-state index contributed by atoms with van der Waals surface area (Å²) in [4.78, 5) is 0. The highest BCUT2D eigenvalue weighted by Gasteiger charge is 2.15. The van der Waals surface area contributed by atoms with Crippen LogP contribution in [-0.2, 0) is 11.3 Å². The van der Waals surface area contributed by atoms with Gasteiger partial charge in [-0.1, -0.05) is 13.8 Å². The van der Waals surface area contributed by atoms with E-state index in [1.165, 1.54) is 12.1 Å². The molecule has 3 nitrogen and oxygen atoms in total. The Bertz CT molecular complexity index is 417. The monoisotopic (exact) mass is 281 g/mol. The first-order valence-electron chi connectivity index (χ1n) is 7.41. The Kier molecular flexibility index (Phi) is 5.80. The lowest BCUT2D eigenvalue weighted by Gasteiger charge is -2.15. The number of halogens is 1. The lowest BCUT2D eigenvalue weighted by atomic mass is 10.1. The molecular formula is C16H24FNO2. The van der Waals surface area contributed by atoms with Crippen LogP contribution in [0.3, 0.4) is 0 Å². The van der Waals surface area contributed by atoms with Gasteiger partial charge in [0.05, 0.1) is 12.7 Å². The summed E-state index contributed by atoms with van der Waals surface area (Å²) in [6.07, 6.45) is 3.49. The van der Waals surface area contributed by atoms with E-state index in [-0.39, 0.29) is 5.82 Å². The molecule has 1 heterocycles. The van der Waals surface area contributed by atoms with E-state index in [1.54, 1.807) is 6.07 Å². The van der Waals surface area contributed by atoms with Crippen molar-refractivity contribution in [2.45, 2.75) is 51.8 Å². The summed E-state index contributed by atoms with van der Waals surface area (Å²) >= 11 is 0. The van der Waals surface area contributed by atoms with Crippen molar-refractivity contribution in [2.24, 2.45) is 0 Å². The van der Waals surface area contributed by atoms with Crippen LogP contribution in [0, 0.1) is 5.82 Å². The number of nitrogens with one attached hydrogen (secondary N) is 1. The third-order valence-electron chi connectivity index (χ3n) is 3.44. The van der Waals surface area contributed by atoms with Gasteiger partial charge < -0.3 is 14.8 Å². The fourth-order valence-corrected chi connectivity index (χ4v) is 2.31. The lowest BCUT2D eigenvalue weighted by molar-refractivity contribution is 0.0902. The van der Waals surface area contributed by atoms with Crippen LogP contribution < -0.4 is 10.1 Å². The molecular weight excluding hydrogens is 257 g/mol. The molecule has 1 unspecified atom stereocenters. The average molecular weight is 281 g/mol. The molecule has 1 aromatic carbocycles. The quantitative estimate of drug-likeness (QED) is 0.832. The smallest absolute Gasteiger partial charge is 0.123 e. The Morgan fingerprint density at radius 3 is 3.00 bits per heavy atom. The van der Waals surface area contributed by atoms with Crippen molar-refractivity contribution < 1.29 is 13.9 Å². The summed E-state index contributed by atoms with van der Waals surface area (Å²) in [5.41, 5.74) is 0.867. The van der Waals surface area contributed by atoms with Crippen LogP contribution in [0.5, 0.6) is 5.75 Å². The topological polar surface area (TPSA) is 30.5 Å². The number of benzene rings is 1. The van der Waals surface area contributed by atoms with Crippen molar-refractivity contribution in [1.82, 2.24) is 5.32 Å². The van der Waals surface area contributed by atoms with Gasteiger partial charge in [-0.05, 0) is 31.0 Å². The molecule has 0 amide bonds. The summed E-state index contributed by atoms with van der Waals surface area (Å²) < 4.78 is 24.7. The van der Waals surface area contributed by atoms with Gasteiger partial charge in [0.2, 0.25) is 0 Å². The molecule has 0 saturated carbocycles. The molecule has 1 saturated heterocycles. The van der Waals surface area contributed by atoms with E-state index in [0.29, 0.717) is 25.3 Å². The third kappa shape index (κ3) is 4.76. The second-order valence-electron chi connectivity index (χ2n) is 5.56. The van der Waals surface area contributed by atoms with Crippen molar-refractivity contribution in [3.05, 3.63) is 29.6 Å². The molecule has 112 valence electrons. The predicted octanol–water partition coefficient (Wildman–Crippen LogP) is 3.27. The minimum atomic E-state index is -0.225. The molecule has 0 spiro atoms. The first kappa shape index (κ1) is 15.3. The van der Waals surface area contributed by atoms with Gasteiger partial charge in [-0.15, -0.1) is 0 Å². The van der Waals surface area contributed by atoms with Gasteiger partial charge >= 0.3 is 0 Å². The average Bonchev–Trinajstić information content (AvgIpc) is 2.91. The standard InChI is InChI=1S/C16H24FNO2/c1-12(2)18-11-13-10-14(17)5-6-16(13)20-9-7-15-4-3-8-19-15/h5-6,10,12,15,18H,3-4,7-9,11H2,1-2H3. The highest BCUT2D eigenvalue weighted by molar-refractivity contribution is 5.34. The number of hydrogen-bond donors (Lipinski definition) is 1. The Balaban J connectivity index is 1.88. The van der Waals surface area contributed by atoms with E-state index >= 15 is 0 Å². The van der Waals surface area contributed by atoms with Crippen molar-refractivity contribution in [2.75, 3.05) is 13.2 Å². The maximum Gasteiger partial charge on any atom is 0.123 e. The normalized spacial score (nSPS) is 18.7. The number of ether oxygens (including phenoxy) is 2. The van der Waals surface area contributed by atoms with Crippen LogP contribution in [0.2, 0.25) is 0 Å². The summed E-state index contributed by atoms with van der Waals surface area (Å²) in [6.45, 7) is 6.23. The molecule has 1 aliphatic rings. The van der Waals surface area contributed by atoms with E-state index in [9.17, 15) is 4.39 Å².